The van der Waals surface area contributed by atoms with Crippen LogP contribution in [0.1, 0.15) is 26.2 Å². The van der Waals surface area contributed by atoms with Gasteiger partial charge in [-0.05, 0) is 19.8 Å². The predicted octanol–water partition coefficient (Wildman–Crippen LogP) is 0.524. The average Bonchev–Trinajstić information content (AvgIpc) is 3.05. The summed E-state index contributed by atoms with van der Waals surface area (Å²) in [4.78, 5) is 30.0. The van der Waals surface area contributed by atoms with Crippen LogP contribution in [0, 0.1) is 0 Å². The number of ether oxygens (including phenoxy) is 1. The minimum atomic E-state index is -0.0714. The van der Waals surface area contributed by atoms with Gasteiger partial charge in [0, 0.05) is 45.2 Å². The molecule has 3 fully saturated rings. The standard InChI is InChI=1S/C14H23N3O3/c1-2-15-8-9-17(14(15)19)11-3-6-16(7-4-11)12-5-10-20-13(12)18/h11-12H,2-10H2,1H3/t12-/m1/s1. The van der Waals surface area contributed by atoms with E-state index in [2.05, 4.69) is 4.90 Å². The van der Waals surface area contributed by atoms with Crippen molar-refractivity contribution >= 4 is 12.0 Å². The van der Waals surface area contributed by atoms with Gasteiger partial charge in [-0.15, -0.1) is 0 Å². The van der Waals surface area contributed by atoms with E-state index in [1.54, 1.807) is 0 Å². The largest absolute Gasteiger partial charge is 0.464 e. The lowest BCUT2D eigenvalue weighted by Gasteiger charge is -2.37. The second-order valence-electron chi connectivity index (χ2n) is 5.79. The van der Waals surface area contributed by atoms with E-state index in [1.807, 2.05) is 16.7 Å². The molecule has 3 saturated heterocycles. The first-order chi connectivity index (χ1) is 9.70. The number of esters is 1. The van der Waals surface area contributed by atoms with Crippen LogP contribution in [-0.2, 0) is 9.53 Å². The fraction of sp³-hybridized carbons (Fsp3) is 0.857. The Balaban J connectivity index is 1.54. The van der Waals surface area contributed by atoms with Gasteiger partial charge in [0.25, 0.3) is 0 Å². The molecule has 0 bridgehead atoms. The molecule has 0 N–H and O–H groups in total. The molecule has 0 radical (unpaired) electrons. The molecule has 3 aliphatic heterocycles. The molecular formula is C14H23N3O3. The van der Waals surface area contributed by atoms with Gasteiger partial charge in [0.2, 0.25) is 0 Å². The maximum Gasteiger partial charge on any atom is 0.323 e. The molecule has 3 heterocycles. The molecule has 0 saturated carbocycles. The summed E-state index contributed by atoms with van der Waals surface area (Å²) in [6.07, 6.45) is 2.75. The van der Waals surface area contributed by atoms with Crippen molar-refractivity contribution in [2.75, 3.05) is 39.3 Å². The number of hydrogen-bond donors (Lipinski definition) is 0. The van der Waals surface area contributed by atoms with E-state index in [1.165, 1.54) is 0 Å². The Bertz CT molecular complexity index is 393. The van der Waals surface area contributed by atoms with Crippen molar-refractivity contribution in [3.8, 4) is 0 Å². The van der Waals surface area contributed by atoms with Gasteiger partial charge in [-0.1, -0.05) is 0 Å². The number of carbonyl (C=O) groups is 2. The number of rotatable bonds is 3. The number of hydrogen-bond acceptors (Lipinski definition) is 4. The second kappa shape index (κ2) is 5.60. The van der Waals surface area contributed by atoms with E-state index < -0.39 is 0 Å². The van der Waals surface area contributed by atoms with Gasteiger partial charge in [-0.2, -0.15) is 0 Å². The summed E-state index contributed by atoms with van der Waals surface area (Å²) in [5, 5.41) is 0. The van der Waals surface area contributed by atoms with E-state index >= 15 is 0 Å². The van der Waals surface area contributed by atoms with Crippen LogP contribution in [0.25, 0.3) is 0 Å². The minimum absolute atomic E-state index is 0.0441. The van der Waals surface area contributed by atoms with Gasteiger partial charge in [0.1, 0.15) is 6.04 Å². The summed E-state index contributed by atoms with van der Waals surface area (Å²) < 4.78 is 5.04. The van der Waals surface area contributed by atoms with Gasteiger partial charge in [0.15, 0.2) is 0 Å². The summed E-state index contributed by atoms with van der Waals surface area (Å²) in [6.45, 7) is 6.85. The maximum absolute atomic E-state index is 12.2. The first-order valence-corrected chi connectivity index (χ1v) is 7.67. The normalized spacial score (nSPS) is 29.4. The van der Waals surface area contributed by atoms with Crippen molar-refractivity contribution in [2.45, 2.75) is 38.3 Å². The number of amides is 2. The lowest BCUT2D eigenvalue weighted by Crippen LogP contribution is -2.50. The molecule has 1 atom stereocenters. The Hall–Kier alpha value is -1.30. The smallest absolute Gasteiger partial charge is 0.323 e. The van der Waals surface area contributed by atoms with E-state index in [4.69, 9.17) is 4.74 Å². The molecule has 3 rings (SSSR count). The molecule has 2 amide bonds. The third-order valence-corrected chi connectivity index (χ3v) is 4.80. The SMILES string of the molecule is CCN1CCN(C2CCN([C@@H]3CCOC3=O)CC2)C1=O. The molecule has 0 aromatic heterocycles. The first-order valence-electron chi connectivity index (χ1n) is 7.67. The highest BCUT2D eigenvalue weighted by Gasteiger charge is 2.38. The molecule has 3 aliphatic rings. The van der Waals surface area contributed by atoms with Crippen LogP contribution < -0.4 is 0 Å². The fourth-order valence-corrected chi connectivity index (χ4v) is 3.56. The topological polar surface area (TPSA) is 53.1 Å². The zero-order chi connectivity index (χ0) is 14.1. The fourth-order valence-electron chi connectivity index (χ4n) is 3.56. The van der Waals surface area contributed by atoms with Gasteiger partial charge >= 0.3 is 12.0 Å². The summed E-state index contributed by atoms with van der Waals surface area (Å²) in [5.41, 5.74) is 0. The van der Waals surface area contributed by atoms with Gasteiger partial charge < -0.3 is 14.5 Å². The highest BCUT2D eigenvalue weighted by Crippen LogP contribution is 2.24. The van der Waals surface area contributed by atoms with Crippen LogP contribution in [0.3, 0.4) is 0 Å². The highest BCUT2D eigenvalue weighted by molar-refractivity contribution is 5.78. The van der Waals surface area contributed by atoms with Gasteiger partial charge in [-0.3, -0.25) is 9.69 Å². The van der Waals surface area contributed by atoms with Crippen LogP contribution in [-0.4, -0.2) is 78.1 Å². The van der Waals surface area contributed by atoms with Gasteiger partial charge in [-0.25, -0.2) is 4.79 Å². The first kappa shape index (κ1) is 13.7. The molecule has 6 heteroatoms. The average molecular weight is 281 g/mol. The molecule has 0 spiro atoms. The molecular weight excluding hydrogens is 258 g/mol. The number of likely N-dealkylation sites (N-methyl/N-ethyl adjacent to an activating group) is 1. The molecule has 0 aromatic carbocycles. The Morgan fingerprint density at radius 1 is 1.10 bits per heavy atom. The van der Waals surface area contributed by atoms with E-state index in [0.717, 1.165) is 52.0 Å². The van der Waals surface area contributed by atoms with Gasteiger partial charge in [0.05, 0.1) is 6.61 Å². The third kappa shape index (κ3) is 2.37. The van der Waals surface area contributed by atoms with Crippen LogP contribution in [0.5, 0.6) is 0 Å². The number of urea groups is 1. The number of piperidine rings is 1. The molecule has 112 valence electrons. The molecule has 0 unspecified atom stereocenters. The Morgan fingerprint density at radius 3 is 2.40 bits per heavy atom. The zero-order valence-corrected chi connectivity index (χ0v) is 12.1. The van der Waals surface area contributed by atoms with Crippen molar-refractivity contribution < 1.29 is 14.3 Å². The molecule has 0 aromatic rings. The number of carbonyl (C=O) groups excluding carboxylic acids is 2. The predicted molar refractivity (Wildman–Crippen MR) is 73.3 cm³/mol. The third-order valence-electron chi connectivity index (χ3n) is 4.80. The summed E-state index contributed by atoms with van der Waals surface area (Å²) in [7, 11) is 0. The Morgan fingerprint density at radius 2 is 1.85 bits per heavy atom. The quantitative estimate of drug-likeness (QED) is 0.708. The van der Waals surface area contributed by atoms with Crippen LogP contribution in [0.15, 0.2) is 0 Å². The Kier molecular flexibility index (Phi) is 3.83. The van der Waals surface area contributed by atoms with Crippen molar-refractivity contribution in [1.82, 2.24) is 14.7 Å². The lowest BCUT2D eigenvalue weighted by atomic mass is 10.0. The molecule has 20 heavy (non-hydrogen) atoms. The molecule has 0 aliphatic carbocycles. The van der Waals surface area contributed by atoms with Crippen LogP contribution in [0.4, 0.5) is 4.79 Å². The summed E-state index contributed by atoms with van der Waals surface area (Å²) >= 11 is 0. The molecule has 6 nitrogen and oxygen atoms in total. The zero-order valence-electron chi connectivity index (χ0n) is 12.1. The van der Waals surface area contributed by atoms with Crippen molar-refractivity contribution in [3.05, 3.63) is 0 Å². The maximum atomic E-state index is 12.2. The number of likely N-dealkylation sites (tertiary alicyclic amines) is 1. The van der Waals surface area contributed by atoms with Crippen LogP contribution in [0.2, 0.25) is 0 Å². The summed E-state index contributed by atoms with van der Waals surface area (Å²) in [5.74, 6) is -0.0714. The highest BCUT2D eigenvalue weighted by atomic mass is 16.5. The summed E-state index contributed by atoms with van der Waals surface area (Å²) in [6, 6.07) is 0.483. The lowest BCUT2D eigenvalue weighted by molar-refractivity contribution is -0.142. The van der Waals surface area contributed by atoms with Crippen LogP contribution >= 0.6 is 0 Å². The van der Waals surface area contributed by atoms with Crippen molar-refractivity contribution in [2.24, 2.45) is 0 Å². The van der Waals surface area contributed by atoms with Crippen molar-refractivity contribution in [3.63, 3.8) is 0 Å². The van der Waals surface area contributed by atoms with E-state index in [0.29, 0.717) is 12.6 Å². The Labute approximate surface area is 119 Å². The number of cyclic esters (lactones) is 1. The second-order valence-corrected chi connectivity index (χ2v) is 5.79. The number of nitrogens with zero attached hydrogens (tertiary/aromatic N) is 3. The van der Waals surface area contributed by atoms with E-state index in [9.17, 15) is 9.59 Å². The van der Waals surface area contributed by atoms with Crippen molar-refractivity contribution in [1.29, 1.82) is 0 Å². The minimum Gasteiger partial charge on any atom is -0.464 e. The van der Waals surface area contributed by atoms with E-state index in [-0.39, 0.29) is 18.0 Å². The monoisotopic (exact) mass is 281 g/mol.